The maximum atomic E-state index is 12.6. The van der Waals surface area contributed by atoms with Gasteiger partial charge in [-0.25, -0.2) is 5.10 Å². The highest BCUT2D eigenvalue weighted by Gasteiger charge is 2.66. The lowest BCUT2D eigenvalue weighted by atomic mass is 9.70. The fraction of sp³-hybridized carbons (Fsp3) is 0.750. The maximum Gasteiger partial charge on any atom is 0.216 e. The summed E-state index contributed by atoms with van der Waals surface area (Å²) in [5.74, 6) is 1.08. The number of fused-ring (bicyclic) bond motifs is 2. The zero-order valence-electron chi connectivity index (χ0n) is 10.9. The third-order valence-electron chi connectivity index (χ3n) is 5.19. The van der Waals surface area contributed by atoms with Gasteiger partial charge in [0.15, 0.2) is 5.78 Å². The molecule has 0 amide bonds. The van der Waals surface area contributed by atoms with Gasteiger partial charge in [0.2, 0.25) is 11.1 Å². The summed E-state index contributed by atoms with van der Waals surface area (Å²) >= 11 is 1.46. The Hall–Kier alpha value is -1.04. The van der Waals surface area contributed by atoms with Crippen molar-refractivity contribution < 1.29 is 4.79 Å². The van der Waals surface area contributed by atoms with Gasteiger partial charge in [0.05, 0.1) is 5.25 Å². The monoisotopic (exact) mass is 266 g/mol. The van der Waals surface area contributed by atoms with Crippen LogP contribution in [0.4, 0.5) is 5.95 Å². The zero-order chi connectivity index (χ0) is 13.1. The van der Waals surface area contributed by atoms with E-state index < -0.39 is 0 Å². The molecule has 18 heavy (non-hydrogen) atoms. The van der Waals surface area contributed by atoms with Crippen LogP contribution in [-0.4, -0.2) is 26.2 Å². The summed E-state index contributed by atoms with van der Waals surface area (Å²) < 4.78 is 0. The van der Waals surface area contributed by atoms with Crippen LogP contribution in [0.15, 0.2) is 5.16 Å². The standard InChI is InChI=1S/C12H18N4OS/c1-11(2)6-4-5-12(11,3)8(17)7(6)18-10-14-9(13)15-16-10/h6-7H,4-5H2,1-3H3,(H3,13,14,15,16)/t6-,7-,12-/m1/s1. The molecule has 1 aromatic heterocycles. The van der Waals surface area contributed by atoms with Crippen LogP contribution in [-0.2, 0) is 4.79 Å². The van der Waals surface area contributed by atoms with Crippen molar-refractivity contribution in [3.8, 4) is 0 Å². The Morgan fingerprint density at radius 1 is 1.44 bits per heavy atom. The Morgan fingerprint density at radius 3 is 2.67 bits per heavy atom. The summed E-state index contributed by atoms with van der Waals surface area (Å²) in [4.78, 5) is 16.7. The molecule has 0 saturated heterocycles. The number of thioether (sulfide) groups is 1. The Balaban J connectivity index is 1.89. The first kappa shape index (κ1) is 12.0. The number of carbonyl (C=O) groups excluding carboxylic acids is 1. The molecule has 2 aliphatic carbocycles. The lowest BCUT2D eigenvalue weighted by molar-refractivity contribution is -0.127. The van der Waals surface area contributed by atoms with Gasteiger partial charge in [-0.15, -0.1) is 5.10 Å². The number of carbonyl (C=O) groups is 1. The Labute approximate surface area is 110 Å². The first-order valence-electron chi connectivity index (χ1n) is 6.25. The van der Waals surface area contributed by atoms with Crippen LogP contribution in [0.3, 0.4) is 0 Å². The third kappa shape index (κ3) is 1.32. The molecule has 2 saturated carbocycles. The molecular formula is C12H18N4OS. The summed E-state index contributed by atoms with van der Waals surface area (Å²) in [7, 11) is 0. The van der Waals surface area contributed by atoms with Crippen molar-refractivity contribution in [1.29, 1.82) is 0 Å². The number of nitrogens with one attached hydrogen (secondary N) is 1. The SMILES string of the molecule is CC1(C)[C@@H]2CC[C@]1(C)C(=O)[C@@H]2Sc1n[nH]c(N)n1. The van der Waals surface area contributed by atoms with Crippen molar-refractivity contribution in [3.05, 3.63) is 0 Å². The van der Waals surface area contributed by atoms with Gasteiger partial charge < -0.3 is 5.73 Å². The average molecular weight is 266 g/mol. The minimum absolute atomic E-state index is 0.0195. The first-order valence-corrected chi connectivity index (χ1v) is 7.13. The van der Waals surface area contributed by atoms with Crippen LogP contribution in [0.1, 0.15) is 33.6 Å². The molecular weight excluding hydrogens is 248 g/mol. The highest BCUT2D eigenvalue weighted by Crippen LogP contribution is 2.66. The Morgan fingerprint density at radius 2 is 2.17 bits per heavy atom. The van der Waals surface area contributed by atoms with Crippen molar-refractivity contribution >= 4 is 23.5 Å². The summed E-state index contributed by atoms with van der Waals surface area (Å²) in [6.07, 6.45) is 2.13. The summed E-state index contributed by atoms with van der Waals surface area (Å²) in [6.45, 7) is 6.55. The molecule has 2 aliphatic rings. The van der Waals surface area contributed by atoms with Gasteiger partial charge in [-0.05, 0) is 24.2 Å². The van der Waals surface area contributed by atoms with Crippen molar-refractivity contribution in [2.75, 3.05) is 5.73 Å². The molecule has 3 atom stereocenters. The van der Waals surface area contributed by atoms with Gasteiger partial charge in [0.1, 0.15) is 0 Å². The predicted molar refractivity (Wildman–Crippen MR) is 70.1 cm³/mol. The third-order valence-corrected chi connectivity index (χ3v) is 6.38. The smallest absolute Gasteiger partial charge is 0.216 e. The van der Waals surface area contributed by atoms with E-state index in [9.17, 15) is 4.79 Å². The number of rotatable bonds is 2. The number of nitrogens with two attached hydrogens (primary N) is 1. The lowest BCUT2D eigenvalue weighted by Crippen LogP contribution is -2.34. The van der Waals surface area contributed by atoms with E-state index in [1.54, 1.807) is 0 Å². The molecule has 0 aliphatic heterocycles. The number of H-pyrrole nitrogens is 1. The molecule has 3 rings (SSSR count). The minimum Gasteiger partial charge on any atom is -0.368 e. The van der Waals surface area contributed by atoms with Crippen LogP contribution in [0.2, 0.25) is 0 Å². The highest BCUT2D eigenvalue weighted by atomic mass is 32.2. The van der Waals surface area contributed by atoms with Crippen LogP contribution >= 0.6 is 11.8 Å². The molecule has 0 aromatic carbocycles. The van der Waals surface area contributed by atoms with E-state index in [0.29, 0.717) is 22.8 Å². The van der Waals surface area contributed by atoms with E-state index in [1.165, 1.54) is 11.8 Å². The summed E-state index contributed by atoms with van der Waals surface area (Å²) in [6, 6.07) is 0. The molecule has 6 heteroatoms. The Kier molecular flexibility index (Phi) is 2.33. The van der Waals surface area contributed by atoms with Gasteiger partial charge in [-0.2, -0.15) is 4.98 Å². The molecule has 1 aromatic rings. The van der Waals surface area contributed by atoms with E-state index in [4.69, 9.17) is 5.73 Å². The molecule has 0 unspecified atom stereocenters. The van der Waals surface area contributed by atoms with Gasteiger partial charge in [0.25, 0.3) is 0 Å². The number of aromatic amines is 1. The van der Waals surface area contributed by atoms with Gasteiger partial charge in [0, 0.05) is 5.41 Å². The van der Waals surface area contributed by atoms with Crippen LogP contribution in [0.5, 0.6) is 0 Å². The molecule has 98 valence electrons. The lowest BCUT2D eigenvalue weighted by Gasteiger charge is -2.32. The second kappa shape index (κ2) is 3.50. The zero-order valence-corrected chi connectivity index (χ0v) is 11.7. The van der Waals surface area contributed by atoms with E-state index >= 15 is 0 Å². The predicted octanol–water partition coefficient (Wildman–Crippen LogP) is 1.87. The van der Waals surface area contributed by atoms with Crippen molar-refractivity contribution in [1.82, 2.24) is 15.2 Å². The molecule has 5 nitrogen and oxygen atoms in total. The molecule has 3 N–H and O–H groups in total. The van der Waals surface area contributed by atoms with Crippen molar-refractivity contribution in [2.24, 2.45) is 16.7 Å². The highest BCUT2D eigenvalue weighted by molar-refractivity contribution is 8.00. The van der Waals surface area contributed by atoms with E-state index in [1.807, 2.05) is 0 Å². The fourth-order valence-corrected chi connectivity index (χ4v) is 5.05. The van der Waals surface area contributed by atoms with E-state index in [2.05, 4.69) is 36.0 Å². The van der Waals surface area contributed by atoms with Crippen LogP contribution in [0, 0.1) is 16.7 Å². The first-order chi connectivity index (χ1) is 8.36. The van der Waals surface area contributed by atoms with E-state index in [-0.39, 0.29) is 16.1 Å². The Bertz CT molecular complexity index is 512. The molecule has 2 fully saturated rings. The summed E-state index contributed by atoms with van der Waals surface area (Å²) in [5.41, 5.74) is 5.40. The molecule has 2 bridgehead atoms. The number of anilines is 1. The fourth-order valence-electron chi connectivity index (χ4n) is 3.56. The quantitative estimate of drug-likeness (QED) is 0.853. The molecule has 0 spiro atoms. The number of aromatic nitrogens is 3. The van der Waals surface area contributed by atoms with Crippen molar-refractivity contribution in [3.63, 3.8) is 0 Å². The molecule has 0 radical (unpaired) electrons. The number of hydrogen-bond acceptors (Lipinski definition) is 5. The number of Topliss-reactive ketones (excluding diaryl/α,β-unsaturated/α-hetero) is 1. The summed E-state index contributed by atoms with van der Waals surface area (Å²) in [5, 5.41) is 7.20. The minimum atomic E-state index is -0.183. The van der Waals surface area contributed by atoms with E-state index in [0.717, 1.165) is 12.8 Å². The number of nitrogen functional groups attached to an aromatic ring is 1. The van der Waals surface area contributed by atoms with Gasteiger partial charge in [-0.1, -0.05) is 32.5 Å². The molecule has 1 heterocycles. The number of nitrogens with zero attached hydrogens (tertiary/aromatic N) is 2. The average Bonchev–Trinajstić information content (AvgIpc) is 2.83. The topological polar surface area (TPSA) is 84.7 Å². The largest absolute Gasteiger partial charge is 0.368 e. The van der Waals surface area contributed by atoms with Crippen LogP contribution in [0.25, 0.3) is 0 Å². The second-order valence-corrected chi connectivity index (χ2v) is 7.21. The number of ketones is 1. The number of hydrogen-bond donors (Lipinski definition) is 2. The van der Waals surface area contributed by atoms with Crippen molar-refractivity contribution in [2.45, 2.75) is 44.0 Å². The van der Waals surface area contributed by atoms with Gasteiger partial charge >= 0.3 is 0 Å². The second-order valence-electron chi connectivity index (χ2n) is 6.10. The van der Waals surface area contributed by atoms with Gasteiger partial charge in [-0.3, -0.25) is 4.79 Å². The maximum absolute atomic E-state index is 12.6. The normalized spacial score (nSPS) is 37.4. The van der Waals surface area contributed by atoms with Crippen LogP contribution < -0.4 is 5.73 Å².